The van der Waals surface area contributed by atoms with Crippen molar-refractivity contribution in [1.82, 2.24) is 0 Å². The smallest absolute Gasteiger partial charge is 0.0223 e. The summed E-state index contributed by atoms with van der Waals surface area (Å²) in [7, 11) is 0. The van der Waals surface area contributed by atoms with Crippen molar-refractivity contribution in [3.05, 3.63) is 0 Å². The summed E-state index contributed by atoms with van der Waals surface area (Å²) in [5.74, 6) is 0.842. The van der Waals surface area contributed by atoms with Crippen molar-refractivity contribution < 1.29 is 0 Å². The summed E-state index contributed by atoms with van der Waals surface area (Å²) < 4.78 is 0. The van der Waals surface area contributed by atoms with Gasteiger partial charge in [-0.3, -0.25) is 0 Å². The highest BCUT2D eigenvalue weighted by Gasteiger charge is 1.89. The predicted octanol–water partition coefficient (Wildman–Crippen LogP) is 8.51. The first-order valence-electron chi connectivity index (χ1n) is 9.89. The minimum absolute atomic E-state index is 0.842. The molecule has 0 aromatic carbocycles. The first-order chi connectivity index (χ1) is 10.3. The largest absolute Gasteiger partial charge is 0.127 e. The molecule has 0 aliphatic rings. The van der Waals surface area contributed by atoms with Crippen LogP contribution in [0, 0.1) is 0 Å². The molecule has 21 heavy (non-hydrogen) atoms. The third-order valence-corrected chi connectivity index (χ3v) is 4.21. The van der Waals surface area contributed by atoms with Gasteiger partial charge in [0.05, 0.1) is 0 Å². The van der Waals surface area contributed by atoms with Gasteiger partial charge in [-0.05, 0) is 6.42 Å². The van der Waals surface area contributed by atoms with E-state index in [1.54, 1.807) is 0 Å². The fraction of sp³-hybridized carbons (Fsp3) is 1.00. The second kappa shape index (κ2) is 25.3. The van der Waals surface area contributed by atoms with E-state index < -0.39 is 0 Å². The Morgan fingerprint density at radius 3 is 0.857 bits per heavy atom. The van der Waals surface area contributed by atoms with Gasteiger partial charge in [-0.1, -0.05) is 117 Å². The van der Waals surface area contributed by atoms with Gasteiger partial charge < -0.3 is 0 Å². The number of rotatable bonds is 15. The zero-order valence-corrected chi connectivity index (χ0v) is 16.2. The van der Waals surface area contributed by atoms with Crippen LogP contribution in [0.25, 0.3) is 0 Å². The van der Waals surface area contributed by atoms with Crippen LogP contribution in [-0.4, -0.2) is 5.88 Å². The van der Waals surface area contributed by atoms with Crippen molar-refractivity contribution >= 4 is 11.6 Å². The van der Waals surface area contributed by atoms with E-state index in [0.717, 1.165) is 5.88 Å². The van der Waals surface area contributed by atoms with Crippen molar-refractivity contribution in [3.63, 3.8) is 0 Å². The van der Waals surface area contributed by atoms with Crippen LogP contribution in [0.3, 0.4) is 0 Å². The molecule has 0 N–H and O–H groups in total. The molecular formula is C20H43Cl. The van der Waals surface area contributed by atoms with Gasteiger partial charge in [0.2, 0.25) is 0 Å². The van der Waals surface area contributed by atoms with E-state index in [4.69, 9.17) is 11.6 Å². The highest BCUT2D eigenvalue weighted by molar-refractivity contribution is 6.17. The van der Waals surface area contributed by atoms with Gasteiger partial charge in [0, 0.05) is 5.88 Å². The van der Waals surface area contributed by atoms with Gasteiger partial charge in [0.1, 0.15) is 0 Å². The minimum atomic E-state index is 0.842. The van der Waals surface area contributed by atoms with Crippen LogP contribution in [0.2, 0.25) is 0 Å². The maximum Gasteiger partial charge on any atom is 0.0223 e. The summed E-state index contributed by atoms with van der Waals surface area (Å²) in [5, 5.41) is 0. The lowest BCUT2D eigenvalue weighted by Crippen LogP contribution is -1.80. The van der Waals surface area contributed by atoms with Gasteiger partial charge in [-0.2, -0.15) is 0 Å². The van der Waals surface area contributed by atoms with Gasteiger partial charge in [0.25, 0.3) is 0 Å². The Balaban J connectivity index is 0. The summed E-state index contributed by atoms with van der Waals surface area (Å²) >= 11 is 5.56. The molecule has 0 unspecified atom stereocenters. The Hall–Kier alpha value is 0.290. The molecule has 0 heterocycles. The molecule has 0 aliphatic heterocycles. The molecule has 0 fully saturated rings. The molecule has 0 aromatic rings. The van der Waals surface area contributed by atoms with Crippen LogP contribution in [0.5, 0.6) is 0 Å². The number of hydrogen-bond acceptors (Lipinski definition) is 0. The fourth-order valence-electron chi connectivity index (χ4n) is 2.44. The van der Waals surface area contributed by atoms with Gasteiger partial charge in [-0.15, -0.1) is 11.6 Å². The molecule has 0 saturated heterocycles. The van der Waals surface area contributed by atoms with Crippen molar-refractivity contribution in [2.45, 2.75) is 124 Å². The van der Waals surface area contributed by atoms with E-state index in [2.05, 4.69) is 20.8 Å². The molecule has 0 spiro atoms. The van der Waals surface area contributed by atoms with E-state index in [-0.39, 0.29) is 0 Å². The molecule has 0 aromatic heterocycles. The zero-order valence-electron chi connectivity index (χ0n) is 15.4. The Morgan fingerprint density at radius 2 is 0.619 bits per heavy atom. The van der Waals surface area contributed by atoms with E-state index in [1.807, 2.05) is 0 Å². The van der Waals surface area contributed by atoms with Gasteiger partial charge in [-0.25, -0.2) is 0 Å². The van der Waals surface area contributed by atoms with Crippen molar-refractivity contribution in [2.75, 3.05) is 5.88 Å². The molecule has 0 atom stereocenters. The lowest BCUT2D eigenvalue weighted by molar-refractivity contribution is 0.585. The Bertz CT molecular complexity index is 129. The highest BCUT2D eigenvalue weighted by atomic mass is 35.5. The number of alkyl halides is 1. The minimum Gasteiger partial charge on any atom is -0.127 e. The van der Waals surface area contributed by atoms with E-state index in [0.29, 0.717) is 0 Å². The quantitative estimate of drug-likeness (QED) is 0.209. The third kappa shape index (κ3) is 29.0. The topological polar surface area (TPSA) is 0 Å². The van der Waals surface area contributed by atoms with E-state index >= 15 is 0 Å². The maximum atomic E-state index is 5.56. The maximum absolute atomic E-state index is 5.56. The summed E-state index contributed by atoms with van der Waals surface area (Å²) in [6.45, 7) is 6.80. The second-order valence-corrected chi connectivity index (χ2v) is 6.66. The normalized spacial score (nSPS) is 10.3. The van der Waals surface area contributed by atoms with Crippen molar-refractivity contribution in [1.29, 1.82) is 0 Å². The van der Waals surface area contributed by atoms with Crippen LogP contribution in [0.15, 0.2) is 0 Å². The summed E-state index contributed by atoms with van der Waals surface area (Å²) in [6, 6.07) is 0. The standard InChI is InChI=1S/C10H21Cl.C10H22/c1-2-3-4-5-6-7-8-9-10-11;1-3-5-7-9-10-8-6-4-2/h2-10H2,1H3;3-10H2,1-2H3. The van der Waals surface area contributed by atoms with E-state index in [9.17, 15) is 0 Å². The number of hydrogen-bond donors (Lipinski definition) is 0. The summed E-state index contributed by atoms with van der Waals surface area (Å²) in [5.41, 5.74) is 0. The predicted molar refractivity (Wildman–Crippen MR) is 102 cm³/mol. The molecule has 130 valence electrons. The Morgan fingerprint density at radius 1 is 0.381 bits per heavy atom. The molecule has 0 saturated carbocycles. The van der Waals surface area contributed by atoms with Crippen LogP contribution in [-0.2, 0) is 0 Å². The molecule has 0 aliphatic carbocycles. The van der Waals surface area contributed by atoms with Gasteiger partial charge in [0.15, 0.2) is 0 Å². The summed E-state index contributed by atoms with van der Waals surface area (Å²) in [6.07, 6.45) is 22.4. The average Bonchev–Trinajstić information content (AvgIpc) is 2.51. The van der Waals surface area contributed by atoms with Crippen LogP contribution < -0.4 is 0 Å². The van der Waals surface area contributed by atoms with Crippen LogP contribution in [0.4, 0.5) is 0 Å². The van der Waals surface area contributed by atoms with Crippen molar-refractivity contribution in [2.24, 2.45) is 0 Å². The monoisotopic (exact) mass is 318 g/mol. The Labute approximate surface area is 141 Å². The lowest BCUT2D eigenvalue weighted by atomic mass is 10.1. The SMILES string of the molecule is CCCCCCCCCC.CCCCCCCCCCCl. The molecule has 0 rings (SSSR count). The van der Waals surface area contributed by atoms with Crippen LogP contribution in [0.1, 0.15) is 124 Å². The molecule has 0 amide bonds. The number of halogens is 1. The van der Waals surface area contributed by atoms with Crippen LogP contribution >= 0.6 is 11.6 Å². The molecule has 1 heteroatoms. The second-order valence-electron chi connectivity index (χ2n) is 6.29. The molecular weight excluding hydrogens is 276 g/mol. The third-order valence-electron chi connectivity index (χ3n) is 3.94. The highest BCUT2D eigenvalue weighted by Crippen LogP contribution is 2.08. The fourth-order valence-corrected chi connectivity index (χ4v) is 2.62. The molecule has 0 nitrogen and oxygen atoms in total. The summed E-state index contributed by atoms with van der Waals surface area (Å²) in [4.78, 5) is 0. The van der Waals surface area contributed by atoms with Crippen molar-refractivity contribution in [3.8, 4) is 0 Å². The number of unbranched alkanes of at least 4 members (excludes halogenated alkanes) is 14. The molecule has 0 bridgehead atoms. The average molecular weight is 319 g/mol. The Kier molecular flexibility index (Phi) is 28.3. The lowest BCUT2D eigenvalue weighted by Gasteiger charge is -1.98. The molecule has 0 radical (unpaired) electrons. The van der Waals surface area contributed by atoms with Gasteiger partial charge >= 0.3 is 0 Å². The first-order valence-corrected chi connectivity index (χ1v) is 10.4. The first kappa shape index (κ1) is 23.6. The van der Waals surface area contributed by atoms with E-state index in [1.165, 1.54) is 103 Å². The zero-order chi connectivity index (χ0) is 16.0.